The Labute approximate surface area is 114 Å². The Hall–Kier alpha value is -1.26. The Balaban J connectivity index is 1.88. The standard InChI is InChI=1S/C14H24N2O3/c1-14(2,9-7-8-9)16-13(19)15-11-6-4-3-5-10(11)12(17)18/h9-11H,3-8H2,1-2H3,(H,17,18)(H2,15,16,19). The third kappa shape index (κ3) is 3.61. The van der Waals surface area contributed by atoms with Crippen molar-refractivity contribution in [1.82, 2.24) is 10.6 Å². The van der Waals surface area contributed by atoms with Crippen LogP contribution in [0.3, 0.4) is 0 Å². The van der Waals surface area contributed by atoms with Crippen LogP contribution in [0.15, 0.2) is 0 Å². The molecule has 0 aromatic rings. The normalized spacial score (nSPS) is 27.7. The molecule has 0 aromatic heterocycles. The summed E-state index contributed by atoms with van der Waals surface area (Å²) in [6.07, 6.45) is 5.66. The Morgan fingerprint density at radius 1 is 1.11 bits per heavy atom. The minimum Gasteiger partial charge on any atom is -0.481 e. The maximum Gasteiger partial charge on any atom is 0.315 e. The Morgan fingerprint density at radius 2 is 1.74 bits per heavy atom. The zero-order valence-electron chi connectivity index (χ0n) is 11.7. The quantitative estimate of drug-likeness (QED) is 0.730. The predicted octanol–water partition coefficient (Wildman–Crippen LogP) is 2.12. The molecule has 2 saturated carbocycles. The van der Waals surface area contributed by atoms with Crippen LogP contribution in [-0.4, -0.2) is 28.7 Å². The van der Waals surface area contributed by atoms with Crippen molar-refractivity contribution >= 4 is 12.0 Å². The lowest BCUT2D eigenvalue weighted by molar-refractivity contribution is -0.143. The number of nitrogens with one attached hydrogen (secondary N) is 2. The van der Waals surface area contributed by atoms with Gasteiger partial charge in [-0.25, -0.2) is 4.79 Å². The second-order valence-electron chi connectivity index (χ2n) is 6.43. The van der Waals surface area contributed by atoms with E-state index >= 15 is 0 Å². The summed E-state index contributed by atoms with van der Waals surface area (Å²) in [5.41, 5.74) is -0.197. The minimum atomic E-state index is -0.800. The molecule has 2 rings (SSSR count). The number of carboxylic acid groups (broad SMARTS) is 1. The Bertz CT molecular complexity index is 364. The summed E-state index contributed by atoms with van der Waals surface area (Å²) in [5, 5.41) is 15.0. The molecule has 0 bridgehead atoms. The van der Waals surface area contributed by atoms with E-state index in [0.29, 0.717) is 12.3 Å². The fourth-order valence-electron chi connectivity index (χ4n) is 3.00. The lowest BCUT2D eigenvalue weighted by atomic mass is 9.84. The van der Waals surface area contributed by atoms with Gasteiger partial charge in [0.2, 0.25) is 0 Å². The summed E-state index contributed by atoms with van der Waals surface area (Å²) >= 11 is 0. The van der Waals surface area contributed by atoms with Crippen LogP contribution in [0.5, 0.6) is 0 Å². The fourth-order valence-corrected chi connectivity index (χ4v) is 3.00. The van der Waals surface area contributed by atoms with Gasteiger partial charge in [-0.05, 0) is 45.4 Å². The van der Waals surface area contributed by atoms with Crippen LogP contribution in [0.4, 0.5) is 4.79 Å². The number of hydrogen-bond donors (Lipinski definition) is 3. The number of urea groups is 1. The first-order chi connectivity index (χ1) is 8.90. The molecule has 2 unspecified atom stereocenters. The molecule has 108 valence electrons. The van der Waals surface area contributed by atoms with Gasteiger partial charge in [0.1, 0.15) is 0 Å². The van der Waals surface area contributed by atoms with E-state index in [-0.39, 0.29) is 17.6 Å². The number of carboxylic acids is 1. The van der Waals surface area contributed by atoms with Crippen molar-refractivity contribution in [2.24, 2.45) is 11.8 Å². The van der Waals surface area contributed by atoms with Gasteiger partial charge in [-0.15, -0.1) is 0 Å². The van der Waals surface area contributed by atoms with Crippen LogP contribution in [0.2, 0.25) is 0 Å². The molecule has 2 aliphatic carbocycles. The molecular formula is C14H24N2O3. The van der Waals surface area contributed by atoms with E-state index in [2.05, 4.69) is 10.6 Å². The monoisotopic (exact) mass is 268 g/mol. The van der Waals surface area contributed by atoms with Crippen LogP contribution in [0.1, 0.15) is 52.4 Å². The molecule has 5 heteroatoms. The second kappa shape index (κ2) is 5.39. The van der Waals surface area contributed by atoms with Crippen molar-refractivity contribution < 1.29 is 14.7 Å². The maximum atomic E-state index is 12.0. The molecule has 0 heterocycles. The molecule has 0 aliphatic heterocycles. The highest BCUT2D eigenvalue weighted by Gasteiger charge is 2.39. The minimum absolute atomic E-state index is 0.197. The van der Waals surface area contributed by atoms with Crippen LogP contribution in [0, 0.1) is 11.8 Å². The Morgan fingerprint density at radius 3 is 2.32 bits per heavy atom. The number of rotatable bonds is 4. The summed E-state index contributed by atoms with van der Waals surface area (Å²) < 4.78 is 0. The van der Waals surface area contributed by atoms with Crippen molar-refractivity contribution in [3.63, 3.8) is 0 Å². The summed E-state index contributed by atoms with van der Waals surface area (Å²) in [4.78, 5) is 23.2. The number of amides is 2. The SMILES string of the molecule is CC(C)(NC(=O)NC1CCCCC1C(=O)O)C1CC1. The molecule has 2 atom stereocenters. The molecule has 0 radical (unpaired) electrons. The fraction of sp³-hybridized carbons (Fsp3) is 0.857. The first kappa shape index (κ1) is 14.2. The van der Waals surface area contributed by atoms with Crippen molar-refractivity contribution in [2.45, 2.75) is 64.0 Å². The van der Waals surface area contributed by atoms with Crippen LogP contribution >= 0.6 is 0 Å². The van der Waals surface area contributed by atoms with E-state index in [1.165, 1.54) is 0 Å². The maximum absolute atomic E-state index is 12.0. The van der Waals surface area contributed by atoms with Gasteiger partial charge in [0.25, 0.3) is 0 Å². The van der Waals surface area contributed by atoms with Crippen LogP contribution in [0.25, 0.3) is 0 Å². The van der Waals surface area contributed by atoms with Gasteiger partial charge in [-0.2, -0.15) is 0 Å². The van der Waals surface area contributed by atoms with Crippen LogP contribution < -0.4 is 10.6 Å². The smallest absolute Gasteiger partial charge is 0.315 e. The van der Waals surface area contributed by atoms with E-state index in [1.807, 2.05) is 13.8 Å². The molecule has 0 aromatic carbocycles. The molecular weight excluding hydrogens is 244 g/mol. The predicted molar refractivity (Wildman–Crippen MR) is 71.9 cm³/mol. The second-order valence-corrected chi connectivity index (χ2v) is 6.43. The van der Waals surface area contributed by atoms with Crippen molar-refractivity contribution in [3.8, 4) is 0 Å². The van der Waals surface area contributed by atoms with Gasteiger partial charge in [0, 0.05) is 11.6 Å². The van der Waals surface area contributed by atoms with E-state index in [0.717, 1.165) is 32.1 Å². The first-order valence-corrected chi connectivity index (χ1v) is 7.21. The molecule has 2 fully saturated rings. The number of aliphatic carboxylic acids is 1. The zero-order chi connectivity index (χ0) is 14.0. The van der Waals surface area contributed by atoms with Gasteiger partial charge in [-0.3, -0.25) is 4.79 Å². The van der Waals surface area contributed by atoms with Crippen molar-refractivity contribution in [1.29, 1.82) is 0 Å². The molecule has 0 saturated heterocycles. The number of hydrogen-bond acceptors (Lipinski definition) is 2. The van der Waals surface area contributed by atoms with Crippen molar-refractivity contribution in [2.75, 3.05) is 0 Å². The van der Waals surface area contributed by atoms with Gasteiger partial charge in [0.05, 0.1) is 5.92 Å². The average molecular weight is 268 g/mol. The van der Waals surface area contributed by atoms with Crippen molar-refractivity contribution in [3.05, 3.63) is 0 Å². The summed E-state index contributed by atoms with van der Waals surface area (Å²) in [7, 11) is 0. The summed E-state index contributed by atoms with van der Waals surface area (Å²) in [6.45, 7) is 4.06. The van der Waals surface area contributed by atoms with E-state index in [1.54, 1.807) is 0 Å². The molecule has 5 nitrogen and oxygen atoms in total. The summed E-state index contributed by atoms with van der Waals surface area (Å²) in [5.74, 6) is -0.685. The topological polar surface area (TPSA) is 78.4 Å². The van der Waals surface area contributed by atoms with Gasteiger partial charge < -0.3 is 15.7 Å². The zero-order valence-corrected chi connectivity index (χ0v) is 11.7. The molecule has 2 aliphatic rings. The third-order valence-electron chi connectivity index (χ3n) is 4.43. The van der Waals surface area contributed by atoms with Gasteiger partial charge in [-0.1, -0.05) is 12.8 Å². The van der Waals surface area contributed by atoms with E-state index in [4.69, 9.17) is 0 Å². The van der Waals surface area contributed by atoms with E-state index in [9.17, 15) is 14.7 Å². The molecule has 0 spiro atoms. The van der Waals surface area contributed by atoms with Gasteiger partial charge in [0.15, 0.2) is 0 Å². The highest BCUT2D eigenvalue weighted by atomic mass is 16.4. The molecule has 19 heavy (non-hydrogen) atoms. The third-order valence-corrected chi connectivity index (χ3v) is 4.43. The average Bonchev–Trinajstić information content (AvgIpc) is 3.12. The first-order valence-electron chi connectivity index (χ1n) is 7.21. The number of carbonyl (C=O) groups is 2. The highest BCUT2D eigenvalue weighted by Crippen LogP contribution is 2.39. The van der Waals surface area contributed by atoms with Gasteiger partial charge >= 0.3 is 12.0 Å². The highest BCUT2D eigenvalue weighted by molar-refractivity contribution is 5.77. The lowest BCUT2D eigenvalue weighted by Gasteiger charge is -2.32. The molecule has 2 amide bonds. The van der Waals surface area contributed by atoms with E-state index < -0.39 is 11.9 Å². The molecule has 3 N–H and O–H groups in total. The lowest BCUT2D eigenvalue weighted by Crippen LogP contribution is -2.54. The Kier molecular flexibility index (Phi) is 4.02. The van der Waals surface area contributed by atoms with Crippen LogP contribution in [-0.2, 0) is 4.79 Å². The number of carbonyl (C=O) groups excluding carboxylic acids is 1. The largest absolute Gasteiger partial charge is 0.481 e. The summed E-state index contributed by atoms with van der Waals surface area (Å²) in [6, 6.07) is -0.462.